The van der Waals surface area contributed by atoms with Crippen molar-refractivity contribution in [3.63, 3.8) is 0 Å². The molecule has 0 bridgehead atoms. The van der Waals surface area contributed by atoms with Gasteiger partial charge in [0.05, 0.1) is 17.9 Å². The van der Waals surface area contributed by atoms with E-state index in [0.29, 0.717) is 28.6 Å². The Morgan fingerprint density at radius 2 is 2.05 bits per heavy atom. The zero-order valence-corrected chi connectivity index (χ0v) is 14.1. The van der Waals surface area contributed by atoms with Gasteiger partial charge in [0.2, 0.25) is 0 Å². The van der Waals surface area contributed by atoms with E-state index in [9.17, 15) is 4.79 Å². The lowest BCUT2D eigenvalue weighted by molar-refractivity contribution is 0.102. The van der Waals surface area contributed by atoms with Gasteiger partial charge in [0.15, 0.2) is 0 Å². The smallest absolute Gasteiger partial charge is 0.256 e. The Morgan fingerprint density at radius 3 is 2.71 bits per heavy atom. The summed E-state index contributed by atoms with van der Waals surface area (Å²) in [5.41, 5.74) is 2.20. The molecule has 0 saturated heterocycles. The molecular formula is C16H15BrClNO2. The highest BCUT2D eigenvalue weighted by Crippen LogP contribution is 2.29. The third-order valence-corrected chi connectivity index (χ3v) is 3.75. The molecule has 0 heterocycles. The number of anilines is 1. The molecule has 0 spiro atoms. The zero-order valence-electron chi connectivity index (χ0n) is 11.7. The molecule has 0 atom stereocenters. The first-order chi connectivity index (χ1) is 10.0. The Labute approximate surface area is 137 Å². The lowest BCUT2D eigenvalue weighted by atomic mass is 10.1. The van der Waals surface area contributed by atoms with Crippen LogP contribution in [0.3, 0.4) is 0 Å². The monoisotopic (exact) mass is 367 g/mol. The maximum Gasteiger partial charge on any atom is 0.256 e. The van der Waals surface area contributed by atoms with Gasteiger partial charge in [-0.15, -0.1) is 0 Å². The zero-order chi connectivity index (χ0) is 15.4. The first-order valence-corrected chi connectivity index (χ1v) is 7.68. The summed E-state index contributed by atoms with van der Waals surface area (Å²) in [7, 11) is 0. The molecule has 2 rings (SSSR count). The quantitative estimate of drug-likeness (QED) is 0.819. The summed E-state index contributed by atoms with van der Waals surface area (Å²) in [6.07, 6.45) is 0. The van der Waals surface area contributed by atoms with E-state index in [2.05, 4.69) is 21.2 Å². The van der Waals surface area contributed by atoms with Crippen LogP contribution in [0.4, 0.5) is 5.69 Å². The van der Waals surface area contributed by atoms with Crippen molar-refractivity contribution in [3.8, 4) is 5.75 Å². The molecule has 21 heavy (non-hydrogen) atoms. The molecule has 0 fully saturated rings. The first-order valence-electron chi connectivity index (χ1n) is 6.51. The summed E-state index contributed by atoms with van der Waals surface area (Å²) in [6.45, 7) is 4.37. The SMILES string of the molecule is CCOc1ccc(Cl)cc1NC(=O)c1ccc(C)cc1Br. The molecule has 3 nitrogen and oxygen atoms in total. The van der Waals surface area contributed by atoms with Crippen LogP contribution in [0.2, 0.25) is 5.02 Å². The molecule has 0 aliphatic carbocycles. The number of nitrogens with one attached hydrogen (secondary N) is 1. The number of hydrogen-bond donors (Lipinski definition) is 1. The van der Waals surface area contributed by atoms with Gasteiger partial charge in [0, 0.05) is 9.50 Å². The van der Waals surface area contributed by atoms with E-state index in [4.69, 9.17) is 16.3 Å². The number of amides is 1. The summed E-state index contributed by atoms with van der Waals surface area (Å²) in [6, 6.07) is 10.7. The summed E-state index contributed by atoms with van der Waals surface area (Å²) < 4.78 is 6.24. The van der Waals surface area contributed by atoms with E-state index in [1.165, 1.54) is 0 Å². The van der Waals surface area contributed by atoms with Crippen LogP contribution < -0.4 is 10.1 Å². The van der Waals surface area contributed by atoms with Crippen LogP contribution in [-0.4, -0.2) is 12.5 Å². The van der Waals surface area contributed by atoms with Gasteiger partial charge in [-0.1, -0.05) is 17.7 Å². The lowest BCUT2D eigenvalue weighted by Gasteiger charge is -2.12. The van der Waals surface area contributed by atoms with Gasteiger partial charge in [-0.2, -0.15) is 0 Å². The highest BCUT2D eigenvalue weighted by atomic mass is 79.9. The number of carbonyl (C=O) groups is 1. The molecule has 0 aromatic heterocycles. The van der Waals surface area contributed by atoms with Gasteiger partial charge in [0.25, 0.3) is 5.91 Å². The van der Waals surface area contributed by atoms with Gasteiger partial charge in [0.1, 0.15) is 5.75 Å². The molecule has 2 aromatic carbocycles. The number of aryl methyl sites for hydroxylation is 1. The van der Waals surface area contributed by atoms with Crippen molar-refractivity contribution in [1.29, 1.82) is 0 Å². The second-order valence-corrected chi connectivity index (χ2v) is 5.80. The number of benzene rings is 2. The minimum Gasteiger partial charge on any atom is -0.492 e. The maximum atomic E-state index is 12.4. The predicted molar refractivity (Wildman–Crippen MR) is 89.5 cm³/mol. The fourth-order valence-electron chi connectivity index (χ4n) is 1.88. The average molecular weight is 369 g/mol. The average Bonchev–Trinajstić information content (AvgIpc) is 2.41. The maximum absolute atomic E-state index is 12.4. The standard InChI is InChI=1S/C16H15BrClNO2/c1-3-21-15-7-5-11(18)9-14(15)19-16(20)12-6-4-10(2)8-13(12)17/h4-9H,3H2,1-2H3,(H,19,20). The van der Waals surface area contributed by atoms with Crippen molar-refractivity contribution in [2.45, 2.75) is 13.8 Å². The number of ether oxygens (including phenoxy) is 1. The molecule has 0 radical (unpaired) electrons. The predicted octanol–water partition coefficient (Wildman–Crippen LogP) is 5.06. The minimum absolute atomic E-state index is 0.218. The van der Waals surface area contributed by atoms with Crippen molar-refractivity contribution in [2.75, 3.05) is 11.9 Å². The molecule has 1 N–H and O–H groups in total. The fraction of sp³-hybridized carbons (Fsp3) is 0.188. The number of carbonyl (C=O) groups excluding carboxylic acids is 1. The summed E-state index contributed by atoms with van der Waals surface area (Å²) in [5.74, 6) is 0.378. The van der Waals surface area contributed by atoms with Crippen molar-refractivity contribution >= 4 is 39.1 Å². The second kappa shape index (κ2) is 6.96. The number of halogens is 2. The molecule has 0 saturated carbocycles. The summed E-state index contributed by atoms with van der Waals surface area (Å²) in [5, 5.41) is 3.37. The van der Waals surface area contributed by atoms with Gasteiger partial charge >= 0.3 is 0 Å². The van der Waals surface area contributed by atoms with Crippen LogP contribution in [-0.2, 0) is 0 Å². The third kappa shape index (κ3) is 3.99. The van der Waals surface area contributed by atoms with E-state index >= 15 is 0 Å². The Kier molecular flexibility index (Phi) is 5.26. The van der Waals surface area contributed by atoms with E-state index in [-0.39, 0.29) is 5.91 Å². The molecular weight excluding hydrogens is 354 g/mol. The first kappa shape index (κ1) is 15.9. The van der Waals surface area contributed by atoms with Crippen LogP contribution in [0.5, 0.6) is 5.75 Å². The Balaban J connectivity index is 2.28. The van der Waals surface area contributed by atoms with Crippen molar-refractivity contribution in [2.24, 2.45) is 0 Å². The molecule has 1 amide bonds. The summed E-state index contributed by atoms with van der Waals surface area (Å²) in [4.78, 5) is 12.4. The molecule has 2 aromatic rings. The van der Waals surface area contributed by atoms with E-state index in [0.717, 1.165) is 10.0 Å². The number of rotatable bonds is 4. The van der Waals surface area contributed by atoms with Crippen LogP contribution in [0.1, 0.15) is 22.8 Å². The molecule has 110 valence electrons. The van der Waals surface area contributed by atoms with Crippen molar-refractivity contribution in [3.05, 3.63) is 57.0 Å². The van der Waals surface area contributed by atoms with Gasteiger partial charge in [-0.25, -0.2) is 0 Å². The molecule has 0 unspecified atom stereocenters. The van der Waals surface area contributed by atoms with Gasteiger partial charge in [-0.05, 0) is 65.7 Å². The largest absolute Gasteiger partial charge is 0.492 e. The van der Waals surface area contributed by atoms with Crippen LogP contribution in [0.15, 0.2) is 40.9 Å². The van der Waals surface area contributed by atoms with Crippen molar-refractivity contribution < 1.29 is 9.53 Å². The Hall–Kier alpha value is -1.52. The van der Waals surface area contributed by atoms with E-state index in [1.807, 2.05) is 26.0 Å². The second-order valence-electron chi connectivity index (χ2n) is 4.51. The fourth-order valence-corrected chi connectivity index (χ4v) is 2.72. The number of hydrogen-bond acceptors (Lipinski definition) is 2. The minimum atomic E-state index is -0.218. The van der Waals surface area contributed by atoms with Gasteiger partial charge < -0.3 is 10.1 Å². The normalized spacial score (nSPS) is 10.3. The Bertz CT molecular complexity index is 673. The molecule has 0 aliphatic rings. The molecule has 5 heteroatoms. The highest BCUT2D eigenvalue weighted by molar-refractivity contribution is 9.10. The summed E-state index contributed by atoms with van der Waals surface area (Å²) >= 11 is 9.39. The Morgan fingerprint density at radius 1 is 1.29 bits per heavy atom. The van der Waals surface area contributed by atoms with Crippen LogP contribution >= 0.6 is 27.5 Å². The van der Waals surface area contributed by atoms with E-state index in [1.54, 1.807) is 24.3 Å². The molecule has 0 aliphatic heterocycles. The van der Waals surface area contributed by atoms with E-state index < -0.39 is 0 Å². The van der Waals surface area contributed by atoms with Crippen LogP contribution in [0.25, 0.3) is 0 Å². The topological polar surface area (TPSA) is 38.3 Å². The van der Waals surface area contributed by atoms with Gasteiger partial charge in [-0.3, -0.25) is 4.79 Å². The van der Waals surface area contributed by atoms with Crippen LogP contribution in [0, 0.1) is 6.92 Å². The van der Waals surface area contributed by atoms with Crippen molar-refractivity contribution in [1.82, 2.24) is 0 Å². The lowest BCUT2D eigenvalue weighted by Crippen LogP contribution is -2.13. The highest BCUT2D eigenvalue weighted by Gasteiger charge is 2.13. The third-order valence-electron chi connectivity index (χ3n) is 2.86.